The number of nitrogens with one attached hydrogen (secondary N) is 3. The number of allylic oxidation sites excluding steroid dienone is 1. The Balaban J connectivity index is 1.63. The van der Waals surface area contributed by atoms with Gasteiger partial charge in [-0.15, -0.1) is 0 Å². The molecule has 2 heterocycles. The second-order valence-electron chi connectivity index (χ2n) is 8.43. The van der Waals surface area contributed by atoms with Crippen molar-refractivity contribution in [3.05, 3.63) is 70.9 Å². The van der Waals surface area contributed by atoms with Gasteiger partial charge >= 0.3 is 0 Å². The first-order valence-corrected chi connectivity index (χ1v) is 11.6. The van der Waals surface area contributed by atoms with Crippen molar-refractivity contribution in [2.45, 2.75) is 19.4 Å². The van der Waals surface area contributed by atoms with Crippen LogP contribution < -0.4 is 15.4 Å². The first-order valence-electron chi connectivity index (χ1n) is 11.6. The lowest BCUT2D eigenvalue weighted by Gasteiger charge is -2.25. The van der Waals surface area contributed by atoms with Crippen LogP contribution in [0.5, 0.6) is 5.75 Å². The number of anilines is 1. The van der Waals surface area contributed by atoms with Gasteiger partial charge in [-0.05, 0) is 41.8 Å². The number of hydrogen-bond acceptors (Lipinski definition) is 7. The Morgan fingerprint density at radius 2 is 2.08 bits per heavy atom. The number of nitrogens with zero attached hydrogens (tertiary/aromatic N) is 2. The van der Waals surface area contributed by atoms with Crippen molar-refractivity contribution < 1.29 is 23.0 Å². The normalized spacial score (nSPS) is 14.7. The van der Waals surface area contributed by atoms with Gasteiger partial charge in [-0.2, -0.15) is 0 Å². The summed E-state index contributed by atoms with van der Waals surface area (Å²) < 4.78 is 39.4. The minimum Gasteiger partial charge on any atom is -0.494 e. The molecule has 0 spiro atoms. The molecule has 1 amide bonds. The number of carbonyl (C=O) groups excluding carboxylic acids is 1. The van der Waals surface area contributed by atoms with Gasteiger partial charge in [0.05, 0.1) is 37.3 Å². The number of ether oxygens (including phenoxy) is 2. The molecule has 2 aromatic carbocycles. The number of carbonyl (C=O) groups is 1. The fraction of sp³-hybridized carbons (Fsp3) is 0.308. The Kier molecular flexibility index (Phi) is 7.84. The Bertz CT molecular complexity index is 1310. The number of fused-ring (bicyclic) bond motifs is 1. The summed E-state index contributed by atoms with van der Waals surface area (Å²) in [5.74, 6) is -1.07. The molecule has 1 fully saturated rings. The van der Waals surface area contributed by atoms with Crippen molar-refractivity contribution in [2.75, 3.05) is 32.2 Å². The molecule has 1 atom stereocenters. The van der Waals surface area contributed by atoms with Crippen molar-refractivity contribution in [2.24, 2.45) is 5.92 Å². The van der Waals surface area contributed by atoms with Crippen molar-refractivity contribution in [1.82, 2.24) is 15.3 Å². The molecule has 1 aliphatic heterocycles. The maximum atomic E-state index is 14.9. The SMILES string of the molecule is CC/C=C(\C=N)C(NC(=O)c1cc(F)c2cnc(NCC3COC3)nc2c1)c1ccc(OC)c(F)c1. The second-order valence-corrected chi connectivity index (χ2v) is 8.43. The highest BCUT2D eigenvalue weighted by Crippen LogP contribution is 2.27. The number of amides is 1. The largest absolute Gasteiger partial charge is 0.494 e. The quantitative estimate of drug-likeness (QED) is 0.359. The van der Waals surface area contributed by atoms with Gasteiger partial charge in [-0.25, -0.2) is 18.7 Å². The van der Waals surface area contributed by atoms with Crippen LogP contribution >= 0.6 is 0 Å². The second kappa shape index (κ2) is 11.2. The van der Waals surface area contributed by atoms with E-state index < -0.39 is 23.6 Å². The fourth-order valence-electron chi connectivity index (χ4n) is 3.88. The highest BCUT2D eigenvalue weighted by molar-refractivity contribution is 5.99. The summed E-state index contributed by atoms with van der Waals surface area (Å²) in [6.07, 6.45) is 4.84. The summed E-state index contributed by atoms with van der Waals surface area (Å²) in [6.45, 7) is 3.86. The number of halogens is 2. The van der Waals surface area contributed by atoms with E-state index in [1.165, 1.54) is 31.5 Å². The third kappa shape index (κ3) is 5.49. The summed E-state index contributed by atoms with van der Waals surface area (Å²) in [5.41, 5.74) is 1.19. The zero-order valence-electron chi connectivity index (χ0n) is 20.0. The van der Waals surface area contributed by atoms with Crippen molar-refractivity contribution in [1.29, 1.82) is 5.41 Å². The molecule has 10 heteroatoms. The Labute approximate surface area is 207 Å². The highest BCUT2D eigenvalue weighted by atomic mass is 19.1. The standard InChI is InChI=1S/C26H27F2N5O3/c1-3-4-17(10-29)24(16-5-6-23(35-2)21(28)7-16)33-25(34)18-8-20(27)19-12-31-26(32-22(19)9-18)30-11-15-13-36-14-15/h4-10,12,15,24,29H,3,11,13-14H2,1-2H3,(H,33,34)(H,30,31,32)/b17-4+,29-10?. The van der Waals surface area contributed by atoms with Crippen LogP contribution in [0.15, 0.2) is 48.2 Å². The molecule has 0 saturated carbocycles. The maximum Gasteiger partial charge on any atom is 0.252 e. The molecule has 36 heavy (non-hydrogen) atoms. The maximum absolute atomic E-state index is 14.9. The van der Waals surface area contributed by atoms with E-state index in [0.717, 1.165) is 12.3 Å². The van der Waals surface area contributed by atoms with E-state index in [2.05, 4.69) is 20.6 Å². The molecule has 1 saturated heterocycles. The monoisotopic (exact) mass is 495 g/mol. The molecule has 0 bridgehead atoms. The van der Waals surface area contributed by atoms with Gasteiger partial charge < -0.3 is 25.5 Å². The zero-order chi connectivity index (χ0) is 25.7. The molecule has 0 aliphatic carbocycles. The molecule has 188 valence electrons. The van der Waals surface area contributed by atoms with Gasteiger partial charge in [0.15, 0.2) is 11.6 Å². The van der Waals surface area contributed by atoms with Gasteiger partial charge in [0.25, 0.3) is 5.91 Å². The smallest absolute Gasteiger partial charge is 0.252 e. The van der Waals surface area contributed by atoms with Crippen molar-refractivity contribution >= 4 is 29.0 Å². The predicted octanol–water partition coefficient (Wildman–Crippen LogP) is 4.43. The van der Waals surface area contributed by atoms with Crippen LogP contribution in [-0.4, -0.2) is 49.0 Å². The Morgan fingerprint density at radius 3 is 2.72 bits per heavy atom. The number of hydrogen-bond donors (Lipinski definition) is 3. The summed E-state index contributed by atoms with van der Waals surface area (Å²) >= 11 is 0. The van der Waals surface area contributed by atoms with Crippen molar-refractivity contribution in [3.8, 4) is 5.75 Å². The topological polar surface area (TPSA) is 109 Å². The molecule has 0 radical (unpaired) electrons. The average Bonchev–Trinajstić information content (AvgIpc) is 2.84. The summed E-state index contributed by atoms with van der Waals surface area (Å²) in [5, 5.41) is 13.9. The first kappa shape index (κ1) is 25.2. The van der Waals surface area contributed by atoms with Gasteiger partial charge in [-0.3, -0.25) is 4.79 Å². The molecule has 1 aliphatic rings. The van der Waals surface area contributed by atoms with E-state index in [-0.39, 0.29) is 22.2 Å². The third-order valence-corrected chi connectivity index (χ3v) is 5.89. The van der Waals surface area contributed by atoms with E-state index in [9.17, 15) is 13.6 Å². The molecule has 3 aromatic rings. The number of benzene rings is 2. The van der Waals surface area contributed by atoms with E-state index in [1.807, 2.05) is 6.92 Å². The average molecular weight is 496 g/mol. The summed E-state index contributed by atoms with van der Waals surface area (Å²) in [6, 6.07) is 6.07. The highest BCUT2D eigenvalue weighted by Gasteiger charge is 2.22. The van der Waals surface area contributed by atoms with Gasteiger partial charge in [0.1, 0.15) is 5.82 Å². The lowest BCUT2D eigenvalue weighted by atomic mass is 9.97. The van der Waals surface area contributed by atoms with Crippen LogP contribution in [-0.2, 0) is 4.74 Å². The van der Waals surface area contributed by atoms with E-state index in [0.29, 0.717) is 49.2 Å². The Morgan fingerprint density at radius 1 is 1.28 bits per heavy atom. The van der Waals surface area contributed by atoms with Crippen molar-refractivity contribution in [3.63, 3.8) is 0 Å². The molecular formula is C26H27F2N5O3. The van der Waals surface area contributed by atoms with Crippen LogP contribution in [0, 0.1) is 23.0 Å². The minimum atomic E-state index is -0.832. The predicted molar refractivity (Wildman–Crippen MR) is 133 cm³/mol. The van der Waals surface area contributed by atoms with Crippen LogP contribution in [0.25, 0.3) is 10.9 Å². The molecule has 3 N–H and O–H groups in total. The van der Waals surface area contributed by atoms with Crippen LogP contribution in [0.3, 0.4) is 0 Å². The fourth-order valence-corrected chi connectivity index (χ4v) is 3.88. The summed E-state index contributed by atoms with van der Waals surface area (Å²) in [4.78, 5) is 21.8. The van der Waals surface area contributed by atoms with Gasteiger partial charge in [-0.1, -0.05) is 19.1 Å². The molecule has 8 nitrogen and oxygen atoms in total. The van der Waals surface area contributed by atoms with E-state index in [4.69, 9.17) is 14.9 Å². The molecule has 4 rings (SSSR count). The number of aromatic nitrogens is 2. The zero-order valence-corrected chi connectivity index (χ0v) is 20.0. The third-order valence-electron chi connectivity index (χ3n) is 5.89. The lowest BCUT2D eigenvalue weighted by Crippen LogP contribution is -2.33. The Hall–Kier alpha value is -3.92. The van der Waals surface area contributed by atoms with Crippen LogP contribution in [0.4, 0.5) is 14.7 Å². The first-order chi connectivity index (χ1) is 17.4. The number of rotatable bonds is 10. The van der Waals surface area contributed by atoms with Crippen LogP contribution in [0.1, 0.15) is 35.3 Å². The molecule has 1 unspecified atom stereocenters. The minimum absolute atomic E-state index is 0.0388. The van der Waals surface area contributed by atoms with Gasteiger partial charge in [0, 0.05) is 30.4 Å². The van der Waals surface area contributed by atoms with E-state index in [1.54, 1.807) is 12.1 Å². The van der Waals surface area contributed by atoms with Crippen LogP contribution in [0.2, 0.25) is 0 Å². The number of methoxy groups -OCH3 is 1. The summed E-state index contributed by atoms with van der Waals surface area (Å²) in [7, 11) is 1.36. The van der Waals surface area contributed by atoms with Gasteiger partial charge in [0.2, 0.25) is 5.95 Å². The molecule has 1 aromatic heterocycles. The lowest BCUT2D eigenvalue weighted by molar-refractivity contribution is -0.0249. The molecular weight excluding hydrogens is 468 g/mol. The van der Waals surface area contributed by atoms with E-state index >= 15 is 0 Å².